The number of benzene rings is 1. The van der Waals surface area contributed by atoms with E-state index in [-0.39, 0.29) is 5.91 Å². The van der Waals surface area contributed by atoms with Crippen molar-refractivity contribution in [2.75, 3.05) is 17.2 Å². The predicted molar refractivity (Wildman–Crippen MR) is 84.3 cm³/mol. The Balaban J connectivity index is 1.58. The molecule has 1 aromatic rings. The summed E-state index contributed by atoms with van der Waals surface area (Å²) in [7, 11) is 0. The summed E-state index contributed by atoms with van der Waals surface area (Å²) >= 11 is 0. The largest absolute Gasteiger partial charge is 0.387 e. The molecule has 0 unspecified atom stereocenters. The van der Waals surface area contributed by atoms with Crippen molar-refractivity contribution < 1.29 is 9.90 Å². The van der Waals surface area contributed by atoms with Crippen LogP contribution in [0.15, 0.2) is 24.3 Å². The van der Waals surface area contributed by atoms with Crippen LogP contribution in [0, 0.1) is 11.8 Å². The Morgan fingerprint density at radius 1 is 1.14 bits per heavy atom. The highest BCUT2D eigenvalue weighted by molar-refractivity contribution is 5.91. The summed E-state index contributed by atoms with van der Waals surface area (Å²) in [6.07, 6.45) is 8.09. The second-order valence-corrected chi connectivity index (χ2v) is 6.39. The molecule has 0 bridgehead atoms. The number of aliphatic hydroxyl groups excluding tert-OH is 1. The molecule has 2 fully saturated rings. The van der Waals surface area contributed by atoms with Crippen molar-refractivity contribution in [2.45, 2.75) is 44.6 Å². The van der Waals surface area contributed by atoms with Gasteiger partial charge in [-0.15, -0.1) is 0 Å². The van der Waals surface area contributed by atoms with Crippen LogP contribution >= 0.6 is 0 Å². The monoisotopic (exact) mass is 288 g/mol. The van der Waals surface area contributed by atoms with Crippen LogP contribution in [0.3, 0.4) is 0 Å². The van der Waals surface area contributed by atoms with Gasteiger partial charge in [0.15, 0.2) is 0 Å². The average molecular weight is 288 g/mol. The van der Waals surface area contributed by atoms with E-state index in [1.54, 1.807) is 0 Å². The van der Waals surface area contributed by atoms with Gasteiger partial charge in [0, 0.05) is 17.4 Å². The van der Waals surface area contributed by atoms with E-state index in [9.17, 15) is 4.79 Å². The fourth-order valence-electron chi connectivity index (χ4n) is 3.48. The van der Waals surface area contributed by atoms with Gasteiger partial charge in [0.05, 0.1) is 0 Å². The molecular weight excluding hydrogens is 264 g/mol. The summed E-state index contributed by atoms with van der Waals surface area (Å²) in [6.45, 7) is -0.483. The summed E-state index contributed by atoms with van der Waals surface area (Å²) in [5.41, 5.74) is 1.78. The normalized spacial score (nSPS) is 25.4. The average Bonchev–Trinajstić information content (AvgIpc) is 3.32. The summed E-state index contributed by atoms with van der Waals surface area (Å²) in [4.78, 5) is 11.2. The molecule has 1 amide bonds. The predicted octanol–water partition coefficient (Wildman–Crippen LogP) is 3.00. The van der Waals surface area contributed by atoms with Crippen LogP contribution in [0.2, 0.25) is 0 Å². The number of aliphatic hydroxyl groups is 1. The Labute approximate surface area is 125 Å². The molecule has 4 nitrogen and oxygen atoms in total. The molecule has 114 valence electrons. The van der Waals surface area contributed by atoms with E-state index in [2.05, 4.69) is 10.6 Å². The van der Waals surface area contributed by atoms with Gasteiger partial charge in [0.1, 0.15) is 6.61 Å². The van der Waals surface area contributed by atoms with Crippen LogP contribution in [0.1, 0.15) is 38.5 Å². The van der Waals surface area contributed by atoms with Gasteiger partial charge in [-0.25, -0.2) is 0 Å². The molecular formula is C17H24N2O2. The zero-order chi connectivity index (χ0) is 14.7. The van der Waals surface area contributed by atoms with E-state index in [0.29, 0.717) is 6.04 Å². The minimum atomic E-state index is -0.483. The molecule has 3 rings (SSSR count). The molecule has 21 heavy (non-hydrogen) atoms. The van der Waals surface area contributed by atoms with Crippen LogP contribution in [-0.4, -0.2) is 23.7 Å². The first kappa shape index (κ1) is 14.4. The van der Waals surface area contributed by atoms with Gasteiger partial charge in [0.25, 0.3) is 0 Å². The first-order valence-electron chi connectivity index (χ1n) is 8.02. The lowest BCUT2D eigenvalue weighted by Crippen LogP contribution is -2.28. The molecule has 0 spiro atoms. The number of amides is 1. The lowest BCUT2D eigenvalue weighted by molar-refractivity contribution is -0.118. The highest BCUT2D eigenvalue weighted by Crippen LogP contribution is 2.44. The molecule has 0 aromatic heterocycles. The SMILES string of the molecule is O=C(CO)Nc1cccc(N[C@H]2CCC[C@@H](C3CC3)C2)c1. The van der Waals surface area contributed by atoms with E-state index in [1.165, 1.54) is 38.5 Å². The summed E-state index contributed by atoms with van der Waals surface area (Å²) < 4.78 is 0. The Bertz CT molecular complexity index is 499. The molecule has 4 heteroatoms. The molecule has 2 aliphatic carbocycles. The van der Waals surface area contributed by atoms with E-state index in [4.69, 9.17) is 5.11 Å². The molecule has 0 aliphatic heterocycles. The fourth-order valence-corrected chi connectivity index (χ4v) is 3.48. The lowest BCUT2D eigenvalue weighted by Gasteiger charge is -2.30. The van der Waals surface area contributed by atoms with Crippen LogP contribution < -0.4 is 10.6 Å². The zero-order valence-electron chi connectivity index (χ0n) is 12.3. The van der Waals surface area contributed by atoms with Gasteiger partial charge in [-0.2, -0.15) is 0 Å². The quantitative estimate of drug-likeness (QED) is 0.780. The number of hydrogen-bond donors (Lipinski definition) is 3. The first-order chi connectivity index (χ1) is 10.2. The van der Waals surface area contributed by atoms with E-state index >= 15 is 0 Å². The number of anilines is 2. The van der Waals surface area contributed by atoms with Crippen molar-refractivity contribution in [3.8, 4) is 0 Å². The topological polar surface area (TPSA) is 61.4 Å². The molecule has 0 saturated heterocycles. The molecule has 3 N–H and O–H groups in total. The van der Waals surface area contributed by atoms with E-state index < -0.39 is 6.61 Å². The number of rotatable bonds is 5. The maximum atomic E-state index is 11.2. The highest BCUT2D eigenvalue weighted by atomic mass is 16.3. The smallest absolute Gasteiger partial charge is 0.250 e. The molecule has 0 heterocycles. The van der Waals surface area contributed by atoms with Crippen molar-refractivity contribution in [3.05, 3.63) is 24.3 Å². The zero-order valence-corrected chi connectivity index (χ0v) is 12.3. The summed E-state index contributed by atoms with van der Waals surface area (Å²) in [6, 6.07) is 8.29. The van der Waals surface area contributed by atoms with Crippen LogP contribution in [-0.2, 0) is 4.79 Å². The van der Waals surface area contributed by atoms with Crippen molar-refractivity contribution in [1.29, 1.82) is 0 Å². The molecule has 2 saturated carbocycles. The van der Waals surface area contributed by atoms with Gasteiger partial charge in [0.2, 0.25) is 5.91 Å². The number of hydrogen-bond acceptors (Lipinski definition) is 3. The van der Waals surface area contributed by atoms with Crippen LogP contribution in [0.25, 0.3) is 0 Å². The first-order valence-corrected chi connectivity index (χ1v) is 8.02. The van der Waals surface area contributed by atoms with E-state index in [0.717, 1.165) is 23.2 Å². The van der Waals surface area contributed by atoms with Crippen LogP contribution in [0.5, 0.6) is 0 Å². The summed E-state index contributed by atoms with van der Waals surface area (Å²) in [5.74, 6) is 1.52. The Kier molecular flexibility index (Phi) is 4.44. The minimum absolute atomic E-state index is 0.376. The molecule has 1 aromatic carbocycles. The third kappa shape index (κ3) is 3.97. The highest BCUT2D eigenvalue weighted by Gasteiger charge is 2.34. The minimum Gasteiger partial charge on any atom is -0.387 e. The van der Waals surface area contributed by atoms with Gasteiger partial charge < -0.3 is 15.7 Å². The number of carbonyl (C=O) groups is 1. The van der Waals surface area contributed by atoms with E-state index in [1.807, 2.05) is 24.3 Å². The van der Waals surface area contributed by atoms with Gasteiger partial charge in [-0.05, 0) is 55.7 Å². The van der Waals surface area contributed by atoms with Crippen molar-refractivity contribution >= 4 is 17.3 Å². The van der Waals surface area contributed by atoms with Gasteiger partial charge in [-0.3, -0.25) is 4.79 Å². The Morgan fingerprint density at radius 3 is 2.71 bits per heavy atom. The number of carbonyl (C=O) groups excluding carboxylic acids is 1. The van der Waals surface area contributed by atoms with Gasteiger partial charge in [-0.1, -0.05) is 18.9 Å². The van der Waals surface area contributed by atoms with Crippen LogP contribution in [0.4, 0.5) is 11.4 Å². The maximum absolute atomic E-state index is 11.2. The Hall–Kier alpha value is -1.55. The van der Waals surface area contributed by atoms with Gasteiger partial charge >= 0.3 is 0 Å². The van der Waals surface area contributed by atoms with Crippen molar-refractivity contribution in [3.63, 3.8) is 0 Å². The second-order valence-electron chi connectivity index (χ2n) is 6.39. The standard InChI is InChI=1S/C17H24N2O2/c20-11-17(21)19-16-6-2-5-15(10-16)18-14-4-1-3-13(9-14)12-7-8-12/h2,5-6,10,12-14,18,20H,1,3-4,7-9,11H2,(H,19,21)/t13-,14+/m1/s1. The third-order valence-corrected chi connectivity index (χ3v) is 4.66. The third-order valence-electron chi connectivity index (χ3n) is 4.66. The molecule has 2 atom stereocenters. The summed E-state index contributed by atoms with van der Waals surface area (Å²) in [5, 5.41) is 15.1. The molecule has 0 radical (unpaired) electrons. The lowest BCUT2D eigenvalue weighted by atomic mass is 9.82. The van der Waals surface area contributed by atoms with Crippen molar-refractivity contribution in [1.82, 2.24) is 0 Å². The second kappa shape index (κ2) is 6.48. The molecule has 2 aliphatic rings. The fraction of sp³-hybridized carbons (Fsp3) is 0.588. The Morgan fingerprint density at radius 2 is 1.95 bits per heavy atom. The number of nitrogens with one attached hydrogen (secondary N) is 2. The van der Waals surface area contributed by atoms with Crippen molar-refractivity contribution in [2.24, 2.45) is 11.8 Å². The maximum Gasteiger partial charge on any atom is 0.250 e.